The number of aromatic nitrogens is 2. The molecule has 11 aromatic carbocycles. The van der Waals surface area contributed by atoms with Gasteiger partial charge in [0.2, 0.25) is 0 Å². The molecule has 0 unspecified atom stereocenters. The third-order valence-electron chi connectivity index (χ3n) is 17.8. The molecule has 0 N–H and O–H groups in total. The molecule has 0 bridgehead atoms. The third kappa shape index (κ3) is 8.90. The molecule has 0 spiro atoms. The van der Waals surface area contributed by atoms with Gasteiger partial charge in [0.15, 0.2) is 0 Å². The van der Waals surface area contributed by atoms with Gasteiger partial charge in [-0.15, -0.1) is 0 Å². The maximum atomic E-state index is 6.71. The van der Waals surface area contributed by atoms with Crippen LogP contribution < -0.4 is 31.1 Å². The van der Waals surface area contributed by atoms with Gasteiger partial charge in [0.25, 0.3) is 6.71 Å². The Hall–Kier alpha value is -9.85. The smallest absolute Gasteiger partial charge is 0.252 e. The summed E-state index contributed by atoms with van der Waals surface area (Å²) in [7, 11) is 0. The monoisotopic (exact) mass is 1110 g/mol. The minimum Gasteiger partial charge on any atom is -0.456 e. The van der Waals surface area contributed by atoms with Crippen molar-refractivity contribution in [2.45, 2.75) is 78.6 Å². The van der Waals surface area contributed by atoms with Crippen LogP contribution in [0.5, 0.6) is 0 Å². The van der Waals surface area contributed by atoms with Crippen molar-refractivity contribution in [2.24, 2.45) is 0 Å². The Morgan fingerprint density at radius 2 is 0.884 bits per heavy atom. The number of hydrogen-bond acceptors (Lipinski definition) is 5. The molecule has 418 valence electrons. The number of rotatable bonds is 8. The number of anilines is 9. The van der Waals surface area contributed by atoms with E-state index in [4.69, 9.17) is 9.40 Å². The second-order valence-corrected chi connectivity index (χ2v) is 26.5. The molecule has 4 heterocycles. The van der Waals surface area contributed by atoms with E-state index in [2.05, 4.69) is 330 Å². The number of benzene rings is 11. The van der Waals surface area contributed by atoms with Crippen LogP contribution >= 0.6 is 0 Å². The van der Waals surface area contributed by atoms with Gasteiger partial charge in [-0.05, 0) is 176 Å². The standard InChI is InChI=1S/C79H68BN5O/c1-77(2,3)54-33-30-52(31-34-54)76-81-67-50-69-66(49-70(67)85(76)59-28-20-13-21-29-59)80-65-41-39-62(82(57-24-16-11-17-25-57)58-26-18-12-19-27-58)48-68(65)83(60-37-35-55(36-38-60)78(4,5)6)71-45-56(79(7,8)9)46-72(75(71)80)84(69)61-40-43-74-64(47-61)63-44-53(32-42-73(63)86-74)51-22-14-10-15-23-51/h10-50H,1-9H3. The largest absolute Gasteiger partial charge is 0.456 e. The van der Waals surface area contributed by atoms with E-state index in [0.29, 0.717) is 0 Å². The first-order valence-corrected chi connectivity index (χ1v) is 30.2. The van der Waals surface area contributed by atoms with Crippen molar-refractivity contribution in [1.29, 1.82) is 0 Å². The number of hydrogen-bond donors (Lipinski definition) is 0. The summed E-state index contributed by atoms with van der Waals surface area (Å²) in [4.78, 5) is 13.2. The molecule has 0 saturated carbocycles. The normalized spacial score (nSPS) is 13.1. The van der Waals surface area contributed by atoms with Crippen molar-refractivity contribution in [2.75, 3.05) is 14.7 Å². The van der Waals surface area contributed by atoms with Crippen LogP contribution in [0, 0.1) is 0 Å². The van der Waals surface area contributed by atoms with Gasteiger partial charge >= 0.3 is 0 Å². The van der Waals surface area contributed by atoms with Gasteiger partial charge in [0, 0.05) is 73.2 Å². The van der Waals surface area contributed by atoms with Crippen LogP contribution in [0.3, 0.4) is 0 Å². The number of imidazole rings is 1. The van der Waals surface area contributed by atoms with E-state index in [1.165, 1.54) is 38.6 Å². The fraction of sp³-hybridized carbons (Fsp3) is 0.152. The van der Waals surface area contributed by atoms with E-state index in [9.17, 15) is 0 Å². The minimum absolute atomic E-state index is 0.00115. The number of nitrogens with zero attached hydrogens (tertiary/aromatic N) is 5. The van der Waals surface area contributed by atoms with E-state index >= 15 is 0 Å². The quantitative estimate of drug-likeness (QED) is 0.142. The van der Waals surface area contributed by atoms with Crippen LogP contribution in [0.4, 0.5) is 51.2 Å². The van der Waals surface area contributed by atoms with Gasteiger partial charge in [0.1, 0.15) is 17.0 Å². The van der Waals surface area contributed by atoms with Crippen LogP contribution in [-0.4, -0.2) is 16.3 Å². The van der Waals surface area contributed by atoms with Crippen molar-refractivity contribution < 1.29 is 4.42 Å². The molecule has 0 aliphatic carbocycles. The van der Waals surface area contributed by atoms with Crippen molar-refractivity contribution in [3.63, 3.8) is 0 Å². The molecule has 13 aromatic rings. The predicted molar refractivity (Wildman–Crippen MR) is 364 cm³/mol. The first kappa shape index (κ1) is 52.9. The van der Waals surface area contributed by atoms with Crippen molar-refractivity contribution in [3.05, 3.63) is 265 Å². The van der Waals surface area contributed by atoms with Crippen LogP contribution in [0.2, 0.25) is 0 Å². The lowest BCUT2D eigenvalue weighted by atomic mass is 9.33. The second-order valence-electron chi connectivity index (χ2n) is 26.5. The van der Waals surface area contributed by atoms with Gasteiger partial charge < -0.3 is 19.1 Å². The van der Waals surface area contributed by atoms with Gasteiger partial charge in [-0.2, -0.15) is 0 Å². The first-order valence-electron chi connectivity index (χ1n) is 30.2. The molecule has 2 aromatic heterocycles. The molecule has 2 aliphatic heterocycles. The van der Waals surface area contributed by atoms with E-state index in [1.54, 1.807) is 0 Å². The number of fused-ring (bicyclic) bond motifs is 8. The molecule has 2 aliphatic rings. The van der Waals surface area contributed by atoms with E-state index in [-0.39, 0.29) is 23.0 Å². The maximum absolute atomic E-state index is 6.71. The van der Waals surface area contributed by atoms with Crippen molar-refractivity contribution >= 4 is 107 Å². The summed E-state index contributed by atoms with van der Waals surface area (Å²) in [6, 6.07) is 91.8. The molecular formula is C79H68BN5O. The van der Waals surface area contributed by atoms with E-state index < -0.39 is 0 Å². The molecule has 6 nitrogen and oxygen atoms in total. The zero-order chi connectivity index (χ0) is 58.8. The summed E-state index contributed by atoms with van der Waals surface area (Å²) in [6.07, 6.45) is 0. The highest BCUT2D eigenvalue weighted by Crippen LogP contribution is 2.50. The molecule has 86 heavy (non-hydrogen) atoms. The lowest BCUT2D eigenvalue weighted by molar-refractivity contribution is 0.590. The van der Waals surface area contributed by atoms with Crippen LogP contribution in [0.25, 0.3) is 61.2 Å². The van der Waals surface area contributed by atoms with Crippen LogP contribution in [0.1, 0.15) is 79.0 Å². The van der Waals surface area contributed by atoms with E-state index in [0.717, 1.165) is 107 Å². The summed E-state index contributed by atoms with van der Waals surface area (Å²) in [5, 5.41) is 2.15. The summed E-state index contributed by atoms with van der Waals surface area (Å²) in [5.74, 6) is 0.898. The Kier molecular flexibility index (Phi) is 12.2. The average Bonchev–Trinajstić information content (AvgIpc) is 0.872. The molecule has 0 fully saturated rings. The summed E-state index contributed by atoms with van der Waals surface area (Å²) in [5.41, 5.74) is 25.2. The number of furan rings is 1. The summed E-state index contributed by atoms with van der Waals surface area (Å²) >= 11 is 0. The molecule has 0 radical (unpaired) electrons. The zero-order valence-corrected chi connectivity index (χ0v) is 50.4. The lowest BCUT2D eigenvalue weighted by Crippen LogP contribution is -2.61. The van der Waals surface area contributed by atoms with Gasteiger partial charge in [0.05, 0.1) is 11.0 Å². The highest BCUT2D eigenvalue weighted by atomic mass is 16.3. The maximum Gasteiger partial charge on any atom is 0.252 e. The fourth-order valence-electron chi connectivity index (χ4n) is 13.3. The highest BCUT2D eigenvalue weighted by Gasteiger charge is 2.45. The van der Waals surface area contributed by atoms with Crippen LogP contribution in [0.15, 0.2) is 253 Å². The van der Waals surface area contributed by atoms with E-state index in [1.807, 2.05) is 0 Å². The molecule has 7 heteroatoms. The predicted octanol–water partition coefficient (Wildman–Crippen LogP) is 19.7. The Bertz CT molecular complexity index is 4700. The van der Waals surface area contributed by atoms with Crippen molar-refractivity contribution in [1.82, 2.24) is 9.55 Å². The van der Waals surface area contributed by atoms with Gasteiger partial charge in [-0.3, -0.25) is 4.57 Å². The van der Waals surface area contributed by atoms with Crippen LogP contribution in [-0.2, 0) is 16.2 Å². The SMILES string of the molecule is CC(C)(C)c1ccc(-c2nc3cc4c(cc3n2-c2ccccc2)B2c3ccc(N(c5ccccc5)c5ccccc5)cc3N(c3ccc(C(C)(C)C)cc3)c3cc(C(C)(C)C)cc(c32)N4c2ccc3oc4ccc(-c5ccccc5)cc4c3c2)cc1. The molecular weight excluding hydrogens is 1050 g/mol. The summed E-state index contributed by atoms with van der Waals surface area (Å²) in [6.45, 7) is 20.5. The topological polar surface area (TPSA) is 40.7 Å². The molecule has 0 amide bonds. The van der Waals surface area contributed by atoms with Gasteiger partial charge in [-0.25, -0.2) is 4.98 Å². The third-order valence-corrected chi connectivity index (χ3v) is 17.8. The molecule has 0 atom stereocenters. The molecule has 0 saturated heterocycles. The van der Waals surface area contributed by atoms with Gasteiger partial charge in [-0.1, -0.05) is 196 Å². The Balaban J connectivity index is 1.05. The lowest BCUT2D eigenvalue weighted by Gasteiger charge is -2.45. The fourth-order valence-corrected chi connectivity index (χ4v) is 13.3. The van der Waals surface area contributed by atoms with Crippen molar-refractivity contribution in [3.8, 4) is 28.2 Å². The zero-order valence-electron chi connectivity index (χ0n) is 50.4. The second kappa shape index (κ2) is 19.9. The Labute approximate surface area is 505 Å². The average molecular weight is 1110 g/mol. The molecule has 15 rings (SSSR count). The summed E-state index contributed by atoms with van der Waals surface area (Å²) < 4.78 is 9.09. The number of para-hydroxylation sites is 3. The minimum atomic E-state index is -0.233. The highest BCUT2D eigenvalue weighted by molar-refractivity contribution is 7.00. The Morgan fingerprint density at radius 1 is 0.372 bits per heavy atom. The Morgan fingerprint density at radius 3 is 1.49 bits per heavy atom. The first-order chi connectivity index (χ1) is 41.5.